The predicted molar refractivity (Wildman–Crippen MR) is 102 cm³/mol. The zero-order valence-electron chi connectivity index (χ0n) is 14.7. The number of rotatable bonds is 5. The summed E-state index contributed by atoms with van der Waals surface area (Å²) in [5.41, 5.74) is 4.65. The highest BCUT2D eigenvalue weighted by molar-refractivity contribution is 9.10. The van der Waals surface area contributed by atoms with Crippen LogP contribution in [0.1, 0.15) is 11.1 Å². The van der Waals surface area contributed by atoms with Crippen molar-refractivity contribution in [2.24, 2.45) is 0 Å². The van der Waals surface area contributed by atoms with Gasteiger partial charge in [-0.05, 0) is 34.4 Å². The second-order valence-electron chi connectivity index (χ2n) is 5.61. The molecule has 3 rings (SSSR count). The van der Waals surface area contributed by atoms with Crippen molar-refractivity contribution in [3.05, 3.63) is 88.7 Å². The van der Waals surface area contributed by atoms with E-state index in [0.717, 1.165) is 10.0 Å². The fraction of sp³-hybridized carbons (Fsp3) is 0.0952. The van der Waals surface area contributed by atoms with Gasteiger partial charge in [0.05, 0.1) is 25.2 Å². The van der Waals surface area contributed by atoms with E-state index in [1.807, 2.05) is 30.5 Å². The molecule has 0 spiro atoms. The van der Waals surface area contributed by atoms with Crippen molar-refractivity contribution in [1.82, 2.24) is 4.98 Å². The molecule has 0 aliphatic rings. The maximum atomic E-state index is 8.93. The fourth-order valence-corrected chi connectivity index (χ4v) is 2.76. The van der Waals surface area contributed by atoms with E-state index in [-0.39, 0.29) is 0 Å². The standard InChI is InChI=1S/C19H16BrNO.C2H2O4/c20-19-6-2-1-5-18(19)17-9-7-15(8-10-17)13-22-14-16-4-3-11-21-12-16;3-1(4)2(5)6/h1-12H,13-14H2;(H,3,4)(H,5,6)/p-2. The normalized spacial score (nSPS) is 9.89. The molecule has 2 aromatic carbocycles. The summed E-state index contributed by atoms with van der Waals surface area (Å²) in [6.45, 7) is 1.19. The van der Waals surface area contributed by atoms with Crippen LogP contribution in [-0.2, 0) is 27.5 Å². The van der Waals surface area contributed by atoms with Crippen molar-refractivity contribution in [1.29, 1.82) is 0 Å². The second kappa shape index (κ2) is 11.0. The van der Waals surface area contributed by atoms with Crippen LogP contribution in [-0.4, -0.2) is 16.9 Å². The Kier molecular flexibility index (Phi) is 8.33. The van der Waals surface area contributed by atoms with Crippen molar-refractivity contribution in [2.75, 3.05) is 0 Å². The van der Waals surface area contributed by atoms with Crippen LogP contribution < -0.4 is 10.2 Å². The summed E-state index contributed by atoms with van der Waals surface area (Å²) >= 11 is 3.59. The molecule has 6 nitrogen and oxygen atoms in total. The first kappa shape index (κ1) is 21.3. The molecule has 0 N–H and O–H groups in total. The molecule has 0 aliphatic heterocycles. The average molecular weight is 442 g/mol. The van der Waals surface area contributed by atoms with Crippen LogP contribution in [0.25, 0.3) is 11.1 Å². The van der Waals surface area contributed by atoms with Crippen LogP contribution in [0.3, 0.4) is 0 Å². The summed E-state index contributed by atoms with van der Waals surface area (Å²) in [5, 5.41) is 17.9. The van der Waals surface area contributed by atoms with E-state index in [0.29, 0.717) is 13.2 Å². The second-order valence-corrected chi connectivity index (χ2v) is 6.46. The van der Waals surface area contributed by atoms with E-state index in [9.17, 15) is 0 Å². The zero-order valence-corrected chi connectivity index (χ0v) is 16.3. The third-order valence-corrected chi connectivity index (χ3v) is 4.26. The zero-order chi connectivity index (χ0) is 20.4. The Morgan fingerprint density at radius 2 is 1.50 bits per heavy atom. The minimum Gasteiger partial charge on any atom is -0.543 e. The topological polar surface area (TPSA) is 102 Å². The van der Waals surface area contributed by atoms with Crippen molar-refractivity contribution >= 4 is 27.9 Å². The van der Waals surface area contributed by atoms with E-state index >= 15 is 0 Å². The monoisotopic (exact) mass is 441 g/mol. The molecule has 28 heavy (non-hydrogen) atoms. The van der Waals surface area contributed by atoms with Gasteiger partial charge in [0.15, 0.2) is 0 Å². The Balaban J connectivity index is 0.000000409. The Hall–Kier alpha value is -3.03. The van der Waals surface area contributed by atoms with Crippen LogP contribution in [0, 0.1) is 0 Å². The third kappa shape index (κ3) is 6.94. The number of pyridine rings is 1. The summed E-state index contributed by atoms with van der Waals surface area (Å²) in [7, 11) is 0. The molecule has 144 valence electrons. The van der Waals surface area contributed by atoms with E-state index in [1.54, 1.807) is 6.20 Å². The van der Waals surface area contributed by atoms with Crippen LogP contribution in [0.2, 0.25) is 0 Å². The Bertz CT molecular complexity index is 902. The lowest BCUT2D eigenvalue weighted by Crippen LogP contribution is -2.42. The number of carbonyl (C=O) groups excluding carboxylic acids is 2. The number of aromatic nitrogens is 1. The molecule has 0 saturated carbocycles. The fourth-order valence-electron chi connectivity index (χ4n) is 2.25. The maximum absolute atomic E-state index is 8.93. The molecule has 1 aromatic heterocycles. The molecule has 0 amide bonds. The number of carboxylic acids is 2. The molecule has 0 fully saturated rings. The molecule has 3 aromatic rings. The van der Waals surface area contributed by atoms with Crippen LogP contribution >= 0.6 is 15.9 Å². The first-order chi connectivity index (χ1) is 13.5. The number of ether oxygens (including phenoxy) is 1. The SMILES string of the molecule is Brc1ccccc1-c1ccc(COCc2cccnc2)cc1.O=C([O-])C(=O)[O-]. The average Bonchev–Trinajstić information content (AvgIpc) is 2.70. The first-order valence-corrected chi connectivity index (χ1v) is 8.99. The largest absolute Gasteiger partial charge is 0.543 e. The number of aliphatic carboxylic acids is 2. The van der Waals surface area contributed by atoms with Crippen molar-refractivity contribution < 1.29 is 24.5 Å². The summed E-state index contributed by atoms with van der Waals surface area (Å²) < 4.78 is 6.83. The van der Waals surface area contributed by atoms with Crippen molar-refractivity contribution in [3.63, 3.8) is 0 Å². The number of hydrogen-bond acceptors (Lipinski definition) is 6. The van der Waals surface area contributed by atoms with Crippen LogP contribution in [0.4, 0.5) is 0 Å². The Morgan fingerprint density at radius 1 is 0.857 bits per heavy atom. The Labute approximate surface area is 170 Å². The van der Waals surface area contributed by atoms with Gasteiger partial charge in [-0.3, -0.25) is 4.98 Å². The summed E-state index contributed by atoms with van der Waals surface area (Å²) in [6, 6.07) is 20.6. The first-order valence-electron chi connectivity index (χ1n) is 8.20. The number of nitrogens with zero attached hydrogens (tertiary/aromatic N) is 1. The summed E-state index contributed by atoms with van der Waals surface area (Å²) in [5.74, 6) is -4.37. The third-order valence-electron chi connectivity index (χ3n) is 3.57. The summed E-state index contributed by atoms with van der Waals surface area (Å²) in [4.78, 5) is 21.9. The minimum absolute atomic E-state index is 0.583. The molecule has 0 saturated heterocycles. The highest BCUT2D eigenvalue weighted by Crippen LogP contribution is 2.28. The summed E-state index contributed by atoms with van der Waals surface area (Å²) in [6.07, 6.45) is 3.60. The highest BCUT2D eigenvalue weighted by atomic mass is 79.9. The molecule has 0 unspecified atom stereocenters. The number of carboxylic acid groups (broad SMARTS) is 2. The quantitative estimate of drug-likeness (QED) is 0.558. The highest BCUT2D eigenvalue weighted by Gasteiger charge is 2.02. The van der Waals surface area contributed by atoms with Gasteiger partial charge in [-0.1, -0.05) is 64.5 Å². The lowest BCUT2D eigenvalue weighted by Gasteiger charge is -2.07. The van der Waals surface area contributed by atoms with Gasteiger partial charge in [0.25, 0.3) is 0 Å². The number of benzene rings is 2. The van der Waals surface area contributed by atoms with Crippen LogP contribution in [0.15, 0.2) is 77.5 Å². The molecular formula is C21H16BrNO5-2. The van der Waals surface area contributed by atoms with Gasteiger partial charge < -0.3 is 24.5 Å². The van der Waals surface area contributed by atoms with Gasteiger partial charge in [0.1, 0.15) is 0 Å². The van der Waals surface area contributed by atoms with Crippen molar-refractivity contribution in [3.8, 4) is 11.1 Å². The van der Waals surface area contributed by atoms with Gasteiger partial charge >= 0.3 is 0 Å². The lowest BCUT2D eigenvalue weighted by molar-refractivity contribution is -0.345. The van der Waals surface area contributed by atoms with Gasteiger partial charge in [0.2, 0.25) is 0 Å². The molecular weight excluding hydrogens is 426 g/mol. The van der Waals surface area contributed by atoms with Crippen molar-refractivity contribution in [2.45, 2.75) is 13.2 Å². The van der Waals surface area contributed by atoms with Crippen LogP contribution in [0.5, 0.6) is 0 Å². The molecule has 0 bridgehead atoms. The van der Waals surface area contributed by atoms with Gasteiger partial charge in [0, 0.05) is 16.9 Å². The molecule has 7 heteroatoms. The van der Waals surface area contributed by atoms with E-state index < -0.39 is 11.9 Å². The minimum atomic E-state index is -2.19. The van der Waals surface area contributed by atoms with E-state index in [2.05, 4.69) is 57.3 Å². The number of hydrogen-bond donors (Lipinski definition) is 0. The number of halogens is 1. The molecule has 0 aliphatic carbocycles. The van der Waals surface area contributed by atoms with Gasteiger partial charge in [-0.15, -0.1) is 0 Å². The van der Waals surface area contributed by atoms with E-state index in [4.69, 9.17) is 24.5 Å². The van der Waals surface area contributed by atoms with E-state index in [1.165, 1.54) is 16.7 Å². The molecule has 1 heterocycles. The van der Waals surface area contributed by atoms with Gasteiger partial charge in [-0.2, -0.15) is 0 Å². The smallest absolute Gasteiger partial charge is 0.0870 e. The van der Waals surface area contributed by atoms with Gasteiger partial charge in [-0.25, -0.2) is 0 Å². The Morgan fingerprint density at radius 3 is 2.07 bits per heavy atom. The number of carbonyl (C=O) groups is 2. The molecule has 0 radical (unpaired) electrons. The lowest BCUT2D eigenvalue weighted by atomic mass is 10.0. The predicted octanol–water partition coefficient (Wildman–Crippen LogP) is 1.71. The maximum Gasteiger partial charge on any atom is 0.0870 e. The molecule has 0 atom stereocenters.